The van der Waals surface area contributed by atoms with Gasteiger partial charge in [0.25, 0.3) is 11.6 Å². The Balaban J connectivity index is 1.67. The lowest BCUT2D eigenvalue weighted by Crippen LogP contribution is -2.34. The molecule has 0 bridgehead atoms. The number of nitrogens with zero attached hydrogens (tertiary/aromatic N) is 3. The van der Waals surface area contributed by atoms with E-state index in [1.54, 1.807) is 36.4 Å². The zero-order chi connectivity index (χ0) is 18.5. The van der Waals surface area contributed by atoms with Crippen LogP contribution in [-0.2, 0) is 0 Å². The Morgan fingerprint density at radius 1 is 1.04 bits per heavy atom. The first-order valence-electron chi connectivity index (χ1n) is 7.28. The summed E-state index contributed by atoms with van der Waals surface area (Å²) in [6.45, 7) is 0. The van der Waals surface area contributed by atoms with Gasteiger partial charge in [0.05, 0.1) is 4.92 Å². The summed E-state index contributed by atoms with van der Waals surface area (Å²) in [4.78, 5) is 34.1. The van der Waals surface area contributed by atoms with E-state index in [9.17, 15) is 19.7 Å². The van der Waals surface area contributed by atoms with Gasteiger partial charge in [-0.1, -0.05) is 41.7 Å². The minimum absolute atomic E-state index is 0.0709. The number of hydrogen-bond donors (Lipinski definition) is 2. The first-order chi connectivity index (χ1) is 12.5. The standard InChI is InChI=1S/C16H11N5O4S/c22-13(10-5-2-1-3-6-10)17-15(23)18-16-20-19-14(26-16)11-7-4-8-12(9-11)21(24)25/h1-9H,(H2,17,18,20,22,23). The van der Waals surface area contributed by atoms with Gasteiger partial charge in [-0.15, -0.1) is 10.2 Å². The topological polar surface area (TPSA) is 127 Å². The van der Waals surface area contributed by atoms with Crippen molar-refractivity contribution in [3.63, 3.8) is 0 Å². The van der Waals surface area contributed by atoms with E-state index in [0.717, 1.165) is 11.3 Å². The minimum Gasteiger partial charge on any atom is -0.282 e. The van der Waals surface area contributed by atoms with Crippen molar-refractivity contribution in [3.05, 3.63) is 70.3 Å². The van der Waals surface area contributed by atoms with Crippen molar-refractivity contribution in [2.75, 3.05) is 5.32 Å². The number of carbonyl (C=O) groups is 2. The number of non-ortho nitro benzene ring substituents is 1. The van der Waals surface area contributed by atoms with Crippen molar-refractivity contribution in [2.45, 2.75) is 0 Å². The molecule has 1 heterocycles. The molecule has 0 saturated carbocycles. The van der Waals surface area contributed by atoms with Crippen LogP contribution in [0, 0.1) is 10.1 Å². The normalized spacial score (nSPS) is 10.2. The van der Waals surface area contributed by atoms with E-state index in [1.165, 1.54) is 18.2 Å². The van der Waals surface area contributed by atoms with Crippen LogP contribution in [0.25, 0.3) is 10.6 Å². The number of aromatic nitrogens is 2. The molecule has 0 unspecified atom stereocenters. The van der Waals surface area contributed by atoms with E-state index in [0.29, 0.717) is 16.1 Å². The van der Waals surface area contributed by atoms with Gasteiger partial charge in [-0.25, -0.2) is 4.79 Å². The molecule has 10 heteroatoms. The van der Waals surface area contributed by atoms with Crippen LogP contribution in [0.15, 0.2) is 54.6 Å². The summed E-state index contributed by atoms with van der Waals surface area (Å²) in [7, 11) is 0. The molecule has 0 aliphatic carbocycles. The Morgan fingerprint density at radius 3 is 2.54 bits per heavy atom. The fourth-order valence-corrected chi connectivity index (χ4v) is 2.77. The van der Waals surface area contributed by atoms with Crippen molar-refractivity contribution >= 4 is 34.1 Å². The number of benzene rings is 2. The zero-order valence-corrected chi connectivity index (χ0v) is 13.9. The number of nitro benzene ring substituents is 1. The summed E-state index contributed by atoms with van der Waals surface area (Å²) >= 11 is 1.03. The number of rotatable bonds is 4. The van der Waals surface area contributed by atoms with Crippen LogP contribution < -0.4 is 10.6 Å². The van der Waals surface area contributed by atoms with Crippen molar-refractivity contribution in [3.8, 4) is 10.6 Å². The third-order valence-electron chi connectivity index (χ3n) is 3.21. The molecule has 1 aromatic heterocycles. The Hall–Kier alpha value is -3.66. The number of imide groups is 1. The quantitative estimate of drug-likeness (QED) is 0.537. The molecule has 0 saturated heterocycles. The highest BCUT2D eigenvalue weighted by Gasteiger charge is 2.14. The van der Waals surface area contributed by atoms with Crippen LogP contribution in [0.1, 0.15) is 10.4 Å². The smallest absolute Gasteiger partial charge is 0.282 e. The van der Waals surface area contributed by atoms with Crippen LogP contribution >= 0.6 is 11.3 Å². The maximum absolute atomic E-state index is 11.9. The number of carbonyl (C=O) groups excluding carboxylic acids is 2. The SMILES string of the molecule is O=C(NC(=O)c1ccccc1)Nc1nnc(-c2cccc([N+](=O)[O-])c2)s1. The molecule has 9 nitrogen and oxygen atoms in total. The number of nitrogens with one attached hydrogen (secondary N) is 2. The average Bonchev–Trinajstić information content (AvgIpc) is 3.10. The van der Waals surface area contributed by atoms with Crippen molar-refractivity contribution in [2.24, 2.45) is 0 Å². The van der Waals surface area contributed by atoms with Gasteiger partial charge in [-0.05, 0) is 12.1 Å². The van der Waals surface area contributed by atoms with Crippen LogP contribution in [0.5, 0.6) is 0 Å². The molecule has 0 radical (unpaired) electrons. The van der Waals surface area contributed by atoms with E-state index in [-0.39, 0.29) is 10.8 Å². The van der Waals surface area contributed by atoms with Gasteiger partial charge in [0.1, 0.15) is 5.01 Å². The van der Waals surface area contributed by atoms with Crippen LogP contribution in [-0.4, -0.2) is 27.1 Å². The number of nitro groups is 1. The first kappa shape index (κ1) is 17.2. The molecular weight excluding hydrogens is 358 g/mol. The molecular formula is C16H11N5O4S. The predicted octanol–water partition coefficient (Wildman–Crippen LogP) is 3.08. The summed E-state index contributed by atoms with van der Waals surface area (Å²) < 4.78 is 0. The third kappa shape index (κ3) is 4.05. The monoisotopic (exact) mass is 369 g/mol. The number of anilines is 1. The fraction of sp³-hybridized carbons (Fsp3) is 0. The van der Waals surface area contributed by atoms with E-state index in [1.807, 2.05) is 0 Å². The molecule has 130 valence electrons. The summed E-state index contributed by atoms with van der Waals surface area (Å²) in [6.07, 6.45) is 0. The van der Waals surface area contributed by atoms with Crippen LogP contribution in [0.3, 0.4) is 0 Å². The lowest BCUT2D eigenvalue weighted by atomic mass is 10.2. The molecule has 0 aliphatic rings. The average molecular weight is 369 g/mol. The summed E-state index contributed by atoms with van der Waals surface area (Å²) in [5.41, 5.74) is 0.779. The highest BCUT2D eigenvalue weighted by Crippen LogP contribution is 2.28. The molecule has 2 N–H and O–H groups in total. The zero-order valence-electron chi connectivity index (χ0n) is 13.1. The molecule has 0 fully saturated rings. The lowest BCUT2D eigenvalue weighted by Gasteiger charge is -2.03. The van der Waals surface area contributed by atoms with Gasteiger partial charge in [0.2, 0.25) is 5.13 Å². The molecule has 0 aliphatic heterocycles. The molecule has 26 heavy (non-hydrogen) atoms. The maximum Gasteiger partial charge on any atom is 0.328 e. The summed E-state index contributed by atoms with van der Waals surface area (Å²) in [6, 6.07) is 13.4. The van der Waals surface area contributed by atoms with E-state index >= 15 is 0 Å². The first-order valence-corrected chi connectivity index (χ1v) is 8.10. The second kappa shape index (κ2) is 7.49. The predicted molar refractivity (Wildman–Crippen MR) is 94.9 cm³/mol. The van der Waals surface area contributed by atoms with Crippen molar-refractivity contribution < 1.29 is 14.5 Å². The summed E-state index contributed by atoms with van der Waals surface area (Å²) in [5, 5.41) is 23.7. The second-order valence-corrected chi connectivity index (χ2v) is 5.97. The Labute approximate surface area is 150 Å². The van der Waals surface area contributed by atoms with Gasteiger partial charge in [-0.3, -0.25) is 25.5 Å². The molecule has 3 amide bonds. The van der Waals surface area contributed by atoms with E-state index in [2.05, 4.69) is 20.8 Å². The Kier molecular flexibility index (Phi) is 4.94. The lowest BCUT2D eigenvalue weighted by molar-refractivity contribution is -0.384. The Bertz CT molecular complexity index is 974. The van der Waals surface area contributed by atoms with Crippen LogP contribution in [0.2, 0.25) is 0 Å². The third-order valence-corrected chi connectivity index (χ3v) is 4.10. The van der Waals surface area contributed by atoms with Crippen molar-refractivity contribution in [1.29, 1.82) is 0 Å². The number of amides is 3. The van der Waals surface area contributed by atoms with Crippen molar-refractivity contribution in [1.82, 2.24) is 15.5 Å². The highest BCUT2D eigenvalue weighted by molar-refractivity contribution is 7.18. The molecule has 2 aromatic carbocycles. The van der Waals surface area contributed by atoms with E-state index < -0.39 is 16.9 Å². The molecule has 0 atom stereocenters. The largest absolute Gasteiger partial charge is 0.328 e. The molecule has 3 rings (SSSR count). The molecule has 3 aromatic rings. The van der Waals surface area contributed by atoms with Gasteiger partial charge in [0.15, 0.2) is 0 Å². The van der Waals surface area contributed by atoms with Gasteiger partial charge >= 0.3 is 6.03 Å². The molecule has 0 spiro atoms. The minimum atomic E-state index is -0.749. The van der Waals surface area contributed by atoms with Gasteiger partial charge in [-0.2, -0.15) is 0 Å². The number of hydrogen-bond acceptors (Lipinski definition) is 7. The number of urea groups is 1. The summed E-state index contributed by atoms with van der Waals surface area (Å²) in [5.74, 6) is -0.550. The Morgan fingerprint density at radius 2 is 1.81 bits per heavy atom. The maximum atomic E-state index is 11.9. The second-order valence-electron chi connectivity index (χ2n) is 4.99. The van der Waals surface area contributed by atoms with Gasteiger partial charge < -0.3 is 0 Å². The van der Waals surface area contributed by atoms with Gasteiger partial charge in [0, 0.05) is 23.3 Å². The fourth-order valence-electron chi connectivity index (χ4n) is 2.04. The van der Waals surface area contributed by atoms with Crippen LogP contribution in [0.4, 0.5) is 15.6 Å². The van der Waals surface area contributed by atoms with E-state index in [4.69, 9.17) is 0 Å². The highest BCUT2D eigenvalue weighted by atomic mass is 32.1.